The van der Waals surface area contributed by atoms with E-state index in [1.54, 1.807) is 0 Å². The molecule has 3 rings (SSSR count). The zero-order chi connectivity index (χ0) is 12.7. The molecule has 0 radical (unpaired) electrons. The molecule has 0 aliphatic rings. The minimum Gasteiger partial charge on any atom is -0.506 e. The number of aromatic nitrogens is 2. The van der Waals surface area contributed by atoms with Crippen LogP contribution in [0.2, 0.25) is 0 Å². The first kappa shape index (κ1) is 10.8. The summed E-state index contributed by atoms with van der Waals surface area (Å²) in [5.74, 6) is -0.596. The van der Waals surface area contributed by atoms with Crippen LogP contribution >= 0.6 is 11.3 Å². The maximum Gasteiger partial charge on any atom is 0.335 e. The molecule has 0 saturated heterocycles. The first-order valence-electron chi connectivity index (χ1n) is 5.15. The Morgan fingerprint density at radius 1 is 1.39 bits per heavy atom. The van der Waals surface area contributed by atoms with Crippen molar-refractivity contribution in [3.63, 3.8) is 0 Å². The van der Waals surface area contributed by atoms with E-state index in [9.17, 15) is 9.90 Å². The molecule has 90 valence electrons. The van der Waals surface area contributed by atoms with E-state index in [4.69, 9.17) is 5.11 Å². The Labute approximate surface area is 105 Å². The number of fused-ring (bicyclic) bond motifs is 1. The number of phenolic OH excluding ortho intramolecular Hbond substituents is 1. The van der Waals surface area contributed by atoms with Crippen molar-refractivity contribution in [3.05, 3.63) is 35.2 Å². The molecule has 6 heteroatoms. The lowest BCUT2D eigenvalue weighted by atomic mass is 10.2. The summed E-state index contributed by atoms with van der Waals surface area (Å²) in [7, 11) is 0. The molecule has 3 N–H and O–H groups in total. The van der Waals surface area contributed by atoms with Crippen molar-refractivity contribution in [2.75, 3.05) is 0 Å². The molecule has 0 saturated carbocycles. The number of thiophene rings is 1. The molecule has 0 aliphatic heterocycles. The van der Waals surface area contributed by atoms with Gasteiger partial charge in [0.25, 0.3) is 0 Å². The van der Waals surface area contributed by atoms with Crippen LogP contribution < -0.4 is 0 Å². The fourth-order valence-electron chi connectivity index (χ4n) is 1.75. The van der Waals surface area contributed by atoms with Crippen LogP contribution in [0.25, 0.3) is 21.7 Å². The van der Waals surface area contributed by atoms with Crippen LogP contribution in [0.4, 0.5) is 0 Å². The summed E-state index contributed by atoms with van der Waals surface area (Å²) in [6.07, 6.45) is 0. The van der Waals surface area contributed by atoms with E-state index in [0.29, 0.717) is 16.9 Å². The van der Waals surface area contributed by atoms with Crippen molar-refractivity contribution in [1.82, 2.24) is 9.97 Å². The van der Waals surface area contributed by atoms with Crippen molar-refractivity contribution in [2.45, 2.75) is 0 Å². The molecule has 3 aromatic rings. The first-order chi connectivity index (χ1) is 8.65. The molecule has 0 spiro atoms. The maximum atomic E-state index is 10.9. The Hall–Kier alpha value is -2.34. The van der Waals surface area contributed by atoms with Crippen LogP contribution in [0.1, 0.15) is 10.4 Å². The highest BCUT2D eigenvalue weighted by molar-refractivity contribution is 7.13. The standard InChI is InChI=1S/C12H8N2O3S/c15-8-5-6(12(16)17)4-7-10(8)14-11(13-7)9-2-1-3-18-9/h1-5,15H,(H,13,14)(H,16,17). The number of hydrogen-bond donors (Lipinski definition) is 3. The molecule has 0 aliphatic carbocycles. The van der Waals surface area contributed by atoms with E-state index in [1.807, 2.05) is 17.5 Å². The number of aromatic carboxylic acids is 1. The van der Waals surface area contributed by atoms with E-state index < -0.39 is 5.97 Å². The smallest absolute Gasteiger partial charge is 0.335 e. The molecule has 0 unspecified atom stereocenters. The number of H-pyrrole nitrogens is 1. The molecule has 0 fully saturated rings. The highest BCUT2D eigenvalue weighted by Crippen LogP contribution is 2.29. The summed E-state index contributed by atoms with van der Waals surface area (Å²) in [4.78, 5) is 19.1. The lowest BCUT2D eigenvalue weighted by Gasteiger charge is -1.96. The van der Waals surface area contributed by atoms with Crippen LogP contribution in [0.3, 0.4) is 0 Å². The van der Waals surface area contributed by atoms with Crippen molar-refractivity contribution in [2.24, 2.45) is 0 Å². The lowest BCUT2D eigenvalue weighted by Crippen LogP contribution is -1.95. The van der Waals surface area contributed by atoms with Gasteiger partial charge in [-0.1, -0.05) is 6.07 Å². The molecular weight excluding hydrogens is 252 g/mol. The van der Waals surface area contributed by atoms with Gasteiger partial charge in [-0.15, -0.1) is 11.3 Å². The number of imidazole rings is 1. The van der Waals surface area contributed by atoms with E-state index in [1.165, 1.54) is 23.5 Å². The lowest BCUT2D eigenvalue weighted by molar-refractivity contribution is 0.0696. The van der Waals surface area contributed by atoms with E-state index >= 15 is 0 Å². The summed E-state index contributed by atoms with van der Waals surface area (Å²) in [6, 6.07) is 6.46. The summed E-state index contributed by atoms with van der Waals surface area (Å²) >= 11 is 1.52. The Kier molecular flexibility index (Phi) is 2.31. The average molecular weight is 260 g/mol. The van der Waals surface area contributed by atoms with Gasteiger partial charge in [-0.3, -0.25) is 0 Å². The first-order valence-corrected chi connectivity index (χ1v) is 6.03. The van der Waals surface area contributed by atoms with Gasteiger partial charge in [0.05, 0.1) is 16.0 Å². The van der Waals surface area contributed by atoms with Gasteiger partial charge in [-0.05, 0) is 23.6 Å². The van der Waals surface area contributed by atoms with Gasteiger partial charge in [0.2, 0.25) is 0 Å². The molecule has 0 amide bonds. The Morgan fingerprint density at radius 2 is 2.22 bits per heavy atom. The Morgan fingerprint density at radius 3 is 2.89 bits per heavy atom. The van der Waals surface area contributed by atoms with Gasteiger partial charge in [-0.2, -0.15) is 0 Å². The van der Waals surface area contributed by atoms with Gasteiger partial charge < -0.3 is 15.2 Å². The highest BCUT2D eigenvalue weighted by Gasteiger charge is 2.13. The number of nitrogens with one attached hydrogen (secondary N) is 1. The van der Waals surface area contributed by atoms with Crippen molar-refractivity contribution < 1.29 is 15.0 Å². The second kappa shape index (κ2) is 3.85. The molecular formula is C12H8N2O3S. The third-order valence-electron chi connectivity index (χ3n) is 2.57. The summed E-state index contributed by atoms with van der Waals surface area (Å²) in [5.41, 5.74) is 0.917. The Balaban J connectivity index is 2.23. The highest BCUT2D eigenvalue weighted by atomic mass is 32.1. The van der Waals surface area contributed by atoms with Gasteiger partial charge in [0, 0.05) is 0 Å². The predicted molar refractivity (Wildman–Crippen MR) is 68.0 cm³/mol. The van der Waals surface area contributed by atoms with E-state index in [0.717, 1.165) is 4.88 Å². The molecule has 5 nitrogen and oxygen atoms in total. The third-order valence-corrected chi connectivity index (χ3v) is 3.44. The molecule has 18 heavy (non-hydrogen) atoms. The number of aromatic amines is 1. The number of carboxylic acid groups (broad SMARTS) is 1. The number of aromatic hydroxyl groups is 1. The predicted octanol–water partition coefficient (Wildman–Crippen LogP) is 2.70. The zero-order valence-electron chi connectivity index (χ0n) is 9.04. The molecule has 1 aromatic carbocycles. The van der Waals surface area contributed by atoms with Crippen LogP contribution in [0.5, 0.6) is 5.75 Å². The van der Waals surface area contributed by atoms with Crippen LogP contribution in [0.15, 0.2) is 29.6 Å². The fourth-order valence-corrected chi connectivity index (χ4v) is 2.42. The molecule has 0 bridgehead atoms. The van der Waals surface area contributed by atoms with E-state index in [2.05, 4.69) is 9.97 Å². The van der Waals surface area contributed by atoms with E-state index in [-0.39, 0.29) is 11.3 Å². The minimum absolute atomic E-state index is 0.0291. The van der Waals surface area contributed by atoms with Crippen molar-refractivity contribution in [1.29, 1.82) is 0 Å². The van der Waals surface area contributed by atoms with Gasteiger partial charge >= 0.3 is 5.97 Å². The topological polar surface area (TPSA) is 86.2 Å². The maximum absolute atomic E-state index is 10.9. The number of benzene rings is 1. The third kappa shape index (κ3) is 1.63. The summed E-state index contributed by atoms with van der Waals surface area (Å²) < 4.78 is 0. The summed E-state index contributed by atoms with van der Waals surface area (Å²) in [5, 5.41) is 20.6. The number of phenols is 1. The largest absolute Gasteiger partial charge is 0.506 e. The normalized spacial score (nSPS) is 10.9. The van der Waals surface area contributed by atoms with Crippen LogP contribution in [-0.2, 0) is 0 Å². The van der Waals surface area contributed by atoms with Gasteiger partial charge in [0.15, 0.2) is 0 Å². The second-order valence-electron chi connectivity index (χ2n) is 3.76. The van der Waals surface area contributed by atoms with Crippen molar-refractivity contribution >= 4 is 28.3 Å². The number of nitrogens with zero attached hydrogens (tertiary/aromatic N) is 1. The van der Waals surface area contributed by atoms with Crippen LogP contribution in [-0.4, -0.2) is 26.2 Å². The Bertz CT molecular complexity index is 731. The average Bonchev–Trinajstić information content (AvgIpc) is 2.96. The number of rotatable bonds is 2. The van der Waals surface area contributed by atoms with Gasteiger partial charge in [-0.25, -0.2) is 9.78 Å². The zero-order valence-corrected chi connectivity index (χ0v) is 9.86. The van der Waals surface area contributed by atoms with Crippen LogP contribution in [0, 0.1) is 0 Å². The number of carbonyl (C=O) groups is 1. The monoisotopic (exact) mass is 260 g/mol. The number of hydrogen-bond acceptors (Lipinski definition) is 4. The SMILES string of the molecule is O=C(O)c1cc(O)c2nc(-c3cccs3)[nH]c2c1. The number of carboxylic acids is 1. The fraction of sp³-hybridized carbons (Fsp3) is 0. The van der Waals surface area contributed by atoms with Gasteiger partial charge in [0.1, 0.15) is 17.1 Å². The molecule has 0 atom stereocenters. The quantitative estimate of drug-likeness (QED) is 0.661. The minimum atomic E-state index is -1.08. The second-order valence-corrected chi connectivity index (χ2v) is 4.71. The van der Waals surface area contributed by atoms with Crippen molar-refractivity contribution in [3.8, 4) is 16.5 Å². The summed E-state index contributed by atoms with van der Waals surface area (Å²) in [6.45, 7) is 0. The molecule has 2 heterocycles. The molecule has 2 aromatic heterocycles.